The lowest BCUT2D eigenvalue weighted by molar-refractivity contribution is -0.127. The van der Waals surface area contributed by atoms with E-state index in [0.29, 0.717) is 31.9 Å². The highest BCUT2D eigenvalue weighted by Crippen LogP contribution is 2.24. The summed E-state index contributed by atoms with van der Waals surface area (Å²) in [6.45, 7) is 10.1. The Balaban J connectivity index is 1.43. The molecule has 8 nitrogen and oxygen atoms in total. The van der Waals surface area contributed by atoms with Gasteiger partial charge in [-0.15, -0.1) is 0 Å². The van der Waals surface area contributed by atoms with E-state index >= 15 is 0 Å². The van der Waals surface area contributed by atoms with Gasteiger partial charge in [0.05, 0.1) is 5.75 Å². The third-order valence-corrected chi connectivity index (χ3v) is 7.54. The Morgan fingerprint density at radius 3 is 2.33 bits per heavy atom. The highest BCUT2D eigenvalue weighted by atomic mass is 32.2. The van der Waals surface area contributed by atoms with Crippen LogP contribution in [0.25, 0.3) is 0 Å². The fourth-order valence-electron chi connectivity index (χ4n) is 3.60. The summed E-state index contributed by atoms with van der Waals surface area (Å²) in [6, 6.07) is 13.4. The number of piperazine rings is 1. The van der Waals surface area contributed by atoms with Crippen molar-refractivity contribution in [2.75, 3.05) is 43.4 Å². The summed E-state index contributed by atoms with van der Waals surface area (Å²) in [5, 5.41) is 2.68. The summed E-state index contributed by atoms with van der Waals surface area (Å²) >= 11 is 0. The second-order valence-corrected chi connectivity index (χ2v) is 11.3. The van der Waals surface area contributed by atoms with Crippen LogP contribution in [0.15, 0.2) is 48.7 Å². The Labute approximate surface area is 197 Å². The molecule has 1 unspecified atom stereocenters. The highest BCUT2D eigenvalue weighted by molar-refractivity contribution is 7.89. The second kappa shape index (κ2) is 10.5. The topological polar surface area (TPSA) is 91.8 Å². The van der Waals surface area contributed by atoms with E-state index in [1.165, 1.54) is 9.87 Å². The van der Waals surface area contributed by atoms with E-state index in [9.17, 15) is 13.2 Å². The van der Waals surface area contributed by atoms with Crippen molar-refractivity contribution in [2.24, 2.45) is 0 Å². The average molecular weight is 475 g/mol. The molecule has 1 aromatic heterocycles. The Morgan fingerprint density at radius 1 is 1.09 bits per heavy atom. The summed E-state index contributed by atoms with van der Waals surface area (Å²) in [6.07, 6.45) is 1.00. The third-order valence-electron chi connectivity index (χ3n) is 5.67. The molecule has 2 heterocycles. The normalized spacial score (nSPS) is 16.3. The lowest BCUT2D eigenvalue weighted by Crippen LogP contribution is -2.50. The van der Waals surface area contributed by atoms with E-state index in [1.54, 1.807) is 13.1 Å². The van der Waals surface area contributed by atoms with Crippen LogP contribution in [-0.2, 0) is 20.2 Å². The Morgan fingerprint density at radius 2 is 1.76 bits per heavy atom. The number of carbonyl (C=O) groups excluding carboxylic acids is 1. The van der Waals surface area contributed by atoms with Crippen LogP contribution in [0.5, 0.6) is 5.75 Å². The number of pyridine rings is 1. The van der Waals surface area contributed by atoms with Gasteiger partial charge < -0.3 is 15.0 Å². The number of nitrogens with zero attached hydrogens (tertiary/aromatic N) is 3. The highest BCUT2D eigenvalue weighted by Gasteiger charge is 2.27. The van der Waals surface area contributed by atoms with Crippen LogP contribution in [0.3, 0.4) is 0 Å². The van der Waals surface area contributed by atoms with Crippen molar-refractivity contribution in [1.29, 1.82) is 0 Å². The van der Waals surface area contributed by atoms with Crippen LogP contribution < -0.4 is 15.0 Å². The number of ether oxygens (including phenoxy) is 1. The molecular weight excluding hydrogens is 440 g/mol. The summed E-state index contributed by atoms with van der Waals surface area (Å²) in [5.41, 5.74) is 1.22. The number of nitrogens with one attached hydrogen (secondary N) is 1. The summed E-state index contributed by atoms with van der Waals surface area (Å²) < 4.78 is 32.6. The standard InChI is InChI=1S/C24H34N4O4S/c1-19(32-21-10-8-20(9-11-21)24(2,3)4)23(29)26-13-18-33(30,31)28-16-14-27(15-17-28)22-7-5-6-12-25-22/h5-12,19H,13-18H2,1-4H3,(H,26,29). The predicted molar refractivity (Wildman–Crippen MR) is 130 cm³/mol. The smallest absolute Gasteiger partial charge is 0.260 e. The van der Waals surface area contributed by atoms with Crippen LogP contribution in [0, 0.1) is 0 Å². The minimum atomic E-state index is -3.46. The van der Waals surface area contributed by atoms with Crippen molar-refractivity contribution < 1.29 is 17.9 Å². The molecule has 0 saturated carbocycles. The van der Waals surface area contributed by atoms with Crippen molar-refractivity contribution in [1.82, 2.24) is 14.6 Å². The largest absolute Gasteiger partial charge is 0.481 e. The fraction of sp³-hybridized carbons (Fsp3) is 0.500. The molecule has 180 valence electrons. The number of carbonyl (C=O) groups is 1. The Hall–Kier alpha value is -2.65. The third kappa shape index (κ3) is 6.91. The zero-order valence-corrected chi connectivity index (χ0v) is 20.6. The van der Waals surface area contributed by atoms with Gasteiger partial charge in [0.15, 0.2) is 6.10 Å². The summed E-state index contributed by atoms with van der Waals surface area (Å²) in [5.74, 6) is 0.966. The summed E-state index contributed by atoms with van der Waals surface area (Å²) in [7, 11) is -3.46. The average Bonchev–Trinajstić information content (AvgIpc) is 2.79. The van der Waals surface area contributed by atoms with E-state index in [2.05, 4.69) is 36.0 Å². The molecule has 0 aliphatic carbocycles. The van der Waals surface area contributed by atoms with E-state index < -0.39 is 16.1 Å². The zero-order valence-electron chi connectivity index (χ0n) is 19.8. The van der Waals surface area contributed by atoms with Crippen LogP contribution >= 0.6 is 0 Å². The van der Waals surface area contributed by atoms with Crippen molar-refractivity contribution in [3.63, 3.8) is 0 Å². The lowest BCUT2D eigenvalue weighted by atomic mass is 9.87. The molecular formula is C24H34N4O4S. The predicted octanol–water partition coefficient (Wildman–Crippen LogP) is 2.41. The van der Waals surface area contributed by atoms with E-state index in [4.69, 9.17) is 4.74 Å². The van der Waals surface area contributed by atoms with Gasteiger partial charge in [0, 0.05) is 38.9 Å². The first-order valence-electron chi connectivity index (χ1n) is 11.2. The molecule has 1 N–H and O–H groups in total. The fourth-order valence-corrected chi connectivity index (χ4v) is 4.94. The molecule has 2 aromatic rings. The van der Waals surface area contributed by atoms with Crippen LogP contribution in [-0.4, -0.2) is 68.2 Å². The van der Waals surface area contributed by atoms with Crippen LogP contribution in [0.1, 0.15) is 33.3 Å². The Kier molecular flexibility index (Phi) is 7.97. The van der Waals surface area contributed by atoms with Gasteiger partial charge in [0.25, 0.3) is 5.91 Å². The maximum Gasteiger partial charge on any atom is 0.260 e. The number of hydrogen-bond donors (Lipinski definition) is 1. The van der Waals surface area contributed by atoms with E-state index in [-0.39, 0.29) is 23.6 Å². The monoisotopic (exact) mass is 474 g/mol. The molecule has 1 fully saturated rings. The SMILES string of the molecule is CC(Oc1ccc(C(C)(C)C)cc1)C(=O)NCCS(=O)(=O)N1CCN(c2ccccn2)CC1. The zero-order chi connectivity index (χ0) is 24.1. The van der Waals surface area contributed by atoms with Gasteiger partial charge in [-0.05, 0) is 42.2 Å². The molecule has 0 radical (unpaired) electrons. The van der Waals surface area contributed by atoms with Gasteiger partial charge in [-0.2, -0.15) is 4.31 Å². The first-order chi connectivity index (χ1) is 15.6. The van der Waals surface area contributed by atoms with Gasteiger partial charge in [-0.1, -0.05) is 39.0 Å². The molecule has 1 aliphatic heterocycles. The Bertz CT molecular complexity index is 1010. The molecule has 0 bridgehead atoms. The number of amides is 1. The maximum atomic E-state index is 12.7. The number of rotatable bonds is 8. The van der Waals surface area contributed by atoms with E-state index in [0.717, 1.165) is 5.82 Å². The number of benzene rings is 1. The number of hydrogen-bond acceptors (Lipinski definition) is 6. The van der Waals surface area contributed by atoms with Crippen molar-refractivity contribution in [3.8, 4) is 5.75 Å². The quantitative estimate of drug-likeness (QED) is 0.632. The molecule has 3 rings (SSSR count). The molecule has 1 aliphatic rings. The van der Waals surface area contributed by atoms with Crippen molar-refractivity contribution in [3.05, 3.63) is 54.2 Å². The maximum absolute atomic E-state index is 12.7. The molecule has 0 spiro atoms. The second-order valence-electron chi connectivity index (χ2n) is 9.22. The molecule has 33 heavy (non-hydrogen) atoms. The van der Waals surface area contributed by atoms with E-state index in [1.807, 2.05) is 42.5 Å². The number of sulfonamides is 1. The lowest BCUT2D eigenvalue weighted by Gasteiger charge is -2.34. The molecule has 1 saturated heterocycles. The molecule has 9 heteroatoms. The first kappa shape index (κ1) is 25.0. The number of anilines is 1. The van der Waals surface area contributed by atoms with Gasteiger partial charge in [0.1, 0.15) is 11.6 Å². The molecule has 1 amide bonds. The van der Waals surface area contributed by atoms with Gasteiger partial charge in [0.2, 0.25) is 10.0 Å². The molecule has 1 aromatic carbocycles. The molecule has 1 atom stereocenters. The minimum Gasteiger partial charge on any atom is -0.481 e. The first-order valence-corrected chi connectivity index (χ1v) is 12.9. The van der Waals surface area contributed by atoms with Gasteiger partial charge >= 0.3 is 0 Å². The van der Waals surface area contributed by atoms with Crippen molar-refractivity contribution >= 4 is 21.7 Å². The van der Waals surface area contributed by atoms with Crippen molar-refractivity contribution in [2.45, 2.75) is 39.2 Å². The van der Waals surface area contributed by atoms with Crippen LogP contribution in [0.4, 0.5) is 5.82 Å². The van der Waals surface area contributed by atoms with Gasteiger partial charge in [-0.3, -0.25) is 4.79 Å². The van der Waals surface area contributed by atoms with Crippen LogP contribution in [0.2, 0.25) is 0 Å². The van der Waals surface area contributed by atoms with Gasteiger partial charge in [-0.25, -0.2) is 13.4 Å². The number of aromatic nitrogens is 1. The minimum absolute atomic E-state index is 0.0398. The summed E-state index contributed by atoms with van der Waals surface area (Å²) in [4.78, 5) is 18.8.